The average Bonchev–Trinajstić information content (AvgIpc) is 3.00. The molecule has 3 heterocycles. The van der Waals surface area contributed by atoms with Gasteiger partial charge >= 0.3 is 12.1 Å². The van der Waals surface area contributed by atoms with Crippen molar-refractivity contribution in [3.8, 4) is 5.75 Å². The molecule has 0 bridgehead atoms. The highest BCUT2D eigenvalue weighted by Crippen LogP contribution is 2.26. The first-order valence-electron chi connectivity index (χ1n) is 10.3. The van der Waals surface area contributed by atoms with Crippen LogP contribution in [0, 0.1) is 0 Å². The number of amides is 1. The number of rotatable bonds is 4. The van der Waals surface area contributed by atoms with Crippen LogP contribution in [0.5, 0.6) is 5.75 Å². The molecule has 4 rings (SSSR count). The van der Waals surface area contributed by atoms with Gasteiger partial charge in [0.25, 0.3) is 15.9 Å². The molecule has 4 N–H and O–H groups in total. The summed E-state index contributed by atoms with van der Waals surface area (Å²) in [6.45, 7) is 4.15. The van der Waals surface area contributed by atoms with E-state index in [0.717, 1.165) is 31.9 Å². The van der Waals surface area contributed by atoms with Crippen LogP contribution >= 0.6 is 0 Å². The number of carboxylic acid groups (broad SMARTS) is 1. The van der Waals surface area contributed by atoms with Crippen LogP contribution in [0.3, 0.4) is 0 Å². The molecule has 1 saturated heterocycles. The zero-order valence-corrected chi connectivity index (χ0v) is 18.9. The summed E-state index contributed by atoms with van der Waals surface area (Å²) in [6, 6.07) is 7.80. The number of carbonyl (C=O) groups is 2. The third-order valence-corrected chi connectivity index (χ3v) is 6.21. The summed E-state index contributed by atoms with van der Waals surface area (Å²) in [5.41, 5.74) is 1.10. The fourth-order valence-corrected chi connectivity index (χ4v) is 4.22. The van der Waals surface area contributed by atoms with Crippen molar-refractivity contribution in [1.82, 2.24) is 15.6 Å². The molecule has 2 aromatic rings. The van der Waals surface area contributed by atoms with Crippen molar-refractivity contribution >= 4 is 33.4 Å². The van der Waals surface area contributed by atoms with Gasteiger partial charge in [-0.15, -0.1) is 0 Å². The van der Waals surface area contributed by atoms with E-state index in [1.165, 1.54) is 18.2 Å². The summed E-state index contributed by atoms with van der Waals surface area (Å²) in [7, 11) is -3.91. The lowest BCUT2D eigenvalue weighted by Crippen LogP contribution is -2.43. The van der Waals surface area contributed by atoms with Crippen molar-refractivity contribution in [2.75, 3.05) is 49.0 Å². The van der Waals surface area contributed by atoms with Crippen molar-refractivity contribution in [3.63, 3.8) is 0 Å². The number of halogens is 3. The Hall–Kier alpha value is -3.59. The Morgan fingerprint density at radius 3 is 2.49 bits per heavy atom. The van der Waals surface area contributed by atoms with E-state index in [9.17, 15) is 26.4 Å². The average molecular weight is 517 g/mol. The van der Waals surface area contributed by atoms with E-state index in [-0.39, 0.29) is 22.2 Å². The maximum Gasteiger partial charge on any atom is 0.490 e. The summed E-state index contributed by atoms with van der Waals surface area (Å²) in [5.74, 6) is -2.52. The molecule has 0 saturated carbocycles. The molecule has 2 aliphatic heterocycles. The fraction of sp³-hybridized carbons (Fsp3) is 0.350. The molecule has 2 aliphatic rings. The molecule has 1 aromatic heterocycles. The first-order chi connectivity index (χ1) is 16.5. The fourth-order valence-electron chi connectivity index (χ4n) is 3.19. The molecule has 1 amide bonds. The number of anilines is 2. The normalized spacial score (nSPS) is 16.0. The van der Waals surface area contributed by atoms with Crippen molar-refractivity contribution < 1.29 is 41.0 Å². The number of aliphatic carboxylic acids is 1. The summed E-state index contributed by atoms with van der Waals surface area (Å²) < 4.78 is 65.3. The number of fused-ring (bicyclic) bond motifs is 1. The lowest BCUT2D eigenvalue weighted by molar-refractivity contribution is -0.192. The maximum atomic E-state index is 12.8. The second-order valence-corrected chi connectivity index (χ2v) is 8.99. The first kappa shape index (κ1) is 26.0. The highest BCUT2D eigenvalue weighted by atomic mass is 32.2. The third-order valence-electron chi connectivity index (χ3n) is 4.86. The largest absolute Gasteiger partial charge is 0.491 e. The molecule has 11 nitrogen and oxygen atoms in total. The van der Waals surface area contributed by atoms with Gasteiger partial charge in [0.1, 0.15) is 18.2 Å². The summed E-state index contributed by atoms with van der Waals surface area (Å²) in [6.07, 6.45) is -3.51. The highest BCUT2D eigenvalue weighted by molar-refractivity contribution is 7.92. The van der Waals surface area contributed by atoms with E-state index in [4.69, 9.17) is 14.6 Å². The number of pyridine rings is 1. The van der Waals surface area contributed by atoms with Crippen LogP contribution in [-0.4, -0.2) is 75.9 Å². The Bertz CT molecular complexity index is 1190. The number of piperazine rings is 1. The number of nitrogens with zero attached hydrogens (tertiary/aromatic N) is 2. The Labute approximate surface area is 198 Å². The number of carbonyl (C=O) groups excluding carboxylic acids is 1. The van der Waals surface area contributed by atoms with Gasteiger partial charge in [0.05, 0.1) is 17.0 Å². The number of alkyl halides is 3. The van der Waals surface area contributed by atoms with Crippen LogP contribution < -0.4 is 25.0 Å². The van der Waals surface area contributed by atoms with E-state index in [1.807, 2.05) is 6.07 Å². The maximum absolute atomic E-state index is 12.8. The van der Waals surface area contributed by atoms with Gasteiger partial charge in [0.15, 0.2) is 0 Å². The monoisotopic (exact) mass is 517 g/mol. The van der Waals surface area contributed by atoms with Gasteiger partial charge in [-0.3, -0.25) is 9.52 Å². The Morgan fingerprint density at radius 2 is 1.83 bits per heavy atom. The predicted octanol–water partition coefficient (Wildman–Crippen LogP) is 1.05. The molecule has 0 unspecified atom stereocenters. The minimum atomic E-state index is -5.08. The number of aromatic nitrogens is 1. The number of sulfonamides is 1. The zero-order valence-electron chi connectivity index (χ0n) is 18.1. The molecular formula is C20H22F3N5O6S. The van der Waals surface area contributed by atoms with E-state index >= 15 is 0 Å². The van der Waals surface area contributed by atoms with Crippen LogP contribution in [0.4, 0.5) is 24.7 Å². The van der Waals surface area contributed by atoms with Crippen LogP contribution in [0.1, 0.15) is 10.4 Å². The molecule has 35 heavy (non-hydrogen) atoms. The second-order valence-electron chi connectivity index (χ2n) is 7.31. The second kappa shape index (κ2) is 10.8. The summed E-state index contributed by atoms with van der Waals surface area (Å²) in [5, 5.41) is 13.1. The Kier molecular flexibility index (Phi) is 8.01. The van der Waals surface area contributed by atoms with E-state index in [2.05, 4.69) is 25.2 Å². The standard InChI is InChI=1S/C18H21N5O4S.C2HF3O2/c24-18-15-12-14(1-2-16(15)27-10-7-21-18)28(25,26)22-17-11-13(3-4-20-17)23-8-5-19-6-9-23;3-2(4,5)1(6)7/h1-4,11-12,19H,5-10H2,(H,20,22)(H,21,24);(H,6,7). The van der Waals surface area contributed by atoms with Gasteiger partial charge in [-0.2, -0.15) is 13.2 Å². The molecule has 0 spiro atoms. The van der Waals surface area contributed by atoms with Gasteiger partial charge in [0.2, 0.25) is 0 Å². The van der Waals surface area contributed by atoms with E-state index in [0.29, 0.717) is 18.9 Å². The van der Waals surface area contributed by atoms with Gasteiger partial charge in [-0.1, -0.05) is 0 Å². The molecule has 0 radical (unpaired) electrons. The molecular weight excluding hydrogens is 495 g/mol. The Morgan fingerprint density at radius 1 is 1.14 bits per heavy atom. The van der Waals surface area contributed by atoms with Gasteiger partial charge < -0.3 is 25.4 Å². The summed E-state index contributed by atoms with van der Waals surface area (Å²) >= 11 is 0. The smallest absolute Gasteiger partial charge is 0.490 e. The SMILES string of the molecule is O=C(O)C(F)(F)F.O=C1NCCOc2ccc(S(=O)(=O)Nc3cc(N4CCNCC4)ccn3)cc21. The lowest BCUT2D eigenvalue weighted by atomic mass is 10.2. The number of nitrogens with one attached hydrogen (secondary N) is 3. The molecule has 190 valence electrons. The van der Waals surface area contributed by atoms with E-state index < -0.39 is 22.2 Å². The number of ether oxygens (including phenoxy) is 1. The van der Waals surface area contributed by atoms with Crippen molar-refractivity contribution in [2.24, 2.45) is 0 Å². The molecule has 0 atom stereocenters. The minimum Gasteiger partial charge on any atom is -0.491 e. The minimum absolute atomic E-state index is 0.0266. The Balaban J connectivity index is 0.000000429. The molecule has 1 fully saturated rings. The van der Waals surface area contributed by atoms with Crippen LogP contribution in [0.2, 0.25) is 0 Å². The summed E-state index contributed by atoms with van der Waals surface area (Å²) in [4.78, 5) is 27.3. The first-order valence-corrected chi connectivity index (χ1v) is 11.8. The predicted molar refractivity (Wildman–Crippen MR) is 118 cm³/mol. The van der Waals surface area contributed by atoms with Crippen LogP contribution in [0.25, 0.3) is 0 Å². The van der Waals surface area contributed by atoms with E-state index in [1.54, 1.807) is 12.3 Å². The quantitative estimate of drug-likeness (QED) is 0.467. The molecule has 0 aliphatic carbocycles. The number of hydrogen-bond donors (Lipinski definition) is 4. The third kappa shape index (κ3) is 6.95. The molecule has 15 heteroatoms. The number of carboxylic acids is 1. The van der Waals surface area contributed by atoms with Crippen molar-refractivity contribution in [2.45, 2.75) is 11.1 Å². The lowest BCUT2D eigenvalue weighted by Gasteiger charge is -2.29. The van der Waals surface area contributed by atoms with Crippen LogP contribution in [-0.2, 0) is 14.8 Å². The number of benzene rings is 1. The number of hydrogen-bond acceptors (Lipinski definition) is 8. The zero-order chi connectivity index (χ0) is 25.6. The molecule has 1 aromatic carbocycles. The van der Waals surface area contributed by atoms with Gasteiger partial charge in [-0.25, -0.2) is 18.2 Å². The van der Waals surface area contributed by atoms with Gasteiger partial charge in [-0.05, 0) is 24.3 Å². The van der Waals surface area contributed by atoms with Crippen molar-refractivity contribution in [1.29, 1.82) is 0 Å². The topological polar surface area (TPSA) is 150 Å². The van der Waals surface area contributed by atoms with Crippen molar-refractivity contribution in [3.05, 3.63) is 42.1 Å². The van der Waals surface area contributed by atoms with Crippen LogP contribution in [0.15, 0.2) is 41.4 Å². The van der Waals surface area contributed by atoms with Gasteiger partial charge in [0, 0.05) is 44.1 Å². The highest BCUT2D eigenvalue weighted by Gasteiger charge is 2.38.